The van der Waals surface area contributed by atoms with E-state index in [4.69, 9.17) is 4.52 Å². The van der Waals surface area contributed by atoms with Crippen molar-refractivity contribution in [2.24, 2.45) is 0 Å². The van der Waals surface area contributed by atoms with Gasteiger partial charge in [0.2, 0.25) is 5.76 Å². The van der Waals surface area contributed by atoms with Crippen LogP contribution in [0.2, 0.25) is 0 Å². The normalized spacial score (nSPS) is 14.2. The van der Waals surface area contributed by atoms with Crippen LogP contribution >= 0.6 is 11.3 Å². The summed E-state index contributed by atoms with van der Waals surface area (Å²) in [6.07, 6.45) is 1.40. The zero-order valence-electron chi connectivity index (χ0n) is 9.21. The first-order valence-corrected chi connectivity index (χ1v) is 5.93. The number of nitrogens with one attached hydrogen (secondary N) is 1. The van der Waals surface area contributed by atoms with Gasteiger partial charge in [0.25, 0.3) is 5.91 Å². The molecule has 2 heterocycles. The van der Waals surface area contributed by atoms with E-state index in [-0.39, 0.29) is 18.2 Å². The third-order valence-corrected chi connectivity index (χ3v) is 3.43. The second kappa shape index (κ2) is 4.68. The van der Waals surface area contributed by atoms with Crippen LogP contribution in [0.15, 0.2) is 34.3 Å². The summed E-state index contributed by atoms with van der Waals surface area (Å²) in [6.45, 7) is 1.77. The average Bonchev–Trinajstić information content (AvgIpc) is 2.97. The topological polar surface area (TPSA) is 75.4 Å². The van der Waals surface area contributed by atoms with E-state index in [9.17, 15) is 9.90 Å². The number of aliphatic hydroxyl groups is 1. The monoisotopic (exact) mass is 252 g/mol. The lowest BCUT2D eigenvalue weighted by molar-refractivity contribution is 0.0545. The summed E-state index contributed by atoms with van der Waals surface area (Å²) in [7, 11) is 0. The van der Waals surface area contributed by atoms with Gasteiger partial charge in [-0.25, -0.2) is 0 Å². The Kier molecular flexibility index (Phi) is 3.26. The molecule has 0 radical (unpaired) electrons. The van der Waals surface area contributed by atoms with Gasteiger partial charge in [0, 0.05) is 10.9 Å². The van der Waals surface area contributed by atoms with Crippen molar-refractivity contribution < 1.29 is 14.4 Å². The van der Waals surface area contributed by atoms with Gasteiger partial charge >= 0.3 is 0 Å². The highest BCUT2D eigenvalue weighted by atomic mass is 32.1. The predicted octanol–water partition coefficient (Wildman–Crippen LogP) is 1.37. The lowest BCUT2D eigenvalue weighted by Crippen LogP contribution is -2.37. The van der Waals surface area contributed by atoms with Gasteiger partial charge in [0.05, 0.1) is 12.7 Å². The highest BCUT2D eigenvalue weighted by molar-refractivity contribution is 7.10. The van der Waals surface area contributed by atoms with Crippen LogP contribution in [0.25, 0.3) is 0 Å². The van der Waals surface area contributed by atoms with Crippen molar-refractivity contribution in [1.29, 1.82) is 0 Å². The summed E-state index contributed by atoms with van der Waals surface area (Å²) >= 11 is 1.44. The molecule has 0 fully saturated rings. The SMILES string of the molecule is CC(O)(CNC(=O)c1ccno1)c1cccs1. The molecular formula is C11H12N2O3S. The molecule has 1 atom stereocenters. The number of hydrogen-bond donors (Lipinski definition) is 2. The van der Waals surface area contributed by atoms with Crippen molar-refractivity contribution in [2.75, 3.05) is 6.54 Å². The van der Waals surface area contributed by atoms with E-state index in [0.29, 0.717) is 0 Å². The maximum Gasteiger partial charge on any atom is 0.290 e. The third-order valence-electron chi connectivity index (χ3n) is 2.31. The van der Waals surface area contributed by atoms with Crippen molar-refractivity contribution in [3.05, 3.63) is 40.4 Å². The molecular weight excluding hydrogens is 240 g/mol. The van der Waals surface area contributed by atoms with Crippen LogP contribution in [0.4, 0.5) is 0 Å². The van der Waals surface area contributed by atoms with Gasteiger partial charge in [0.15, 0.2) is 0 Å². The minimum absolute atomic E-state index is 0.118. The lowest BCUT2D eigenvalue weighted by Gasteiger charge is -2.21. The van der Waals surface area contributed by atoms with E-state index in [1.807, 2.05) is 17.5 Å². The quantitative estimate of drug-likeness (QED) is 0.861. The van der Waals surface area contributed by atoms with Crippen LogP contribution in [0.5, 0.6) is 0 Å². The summed E-state index contributed by atoms with van der Waals surface area (Å²) < 4.78 is 4.71. The molecule has 0 aliphatic rings. The second-order valence-corrected chi connectivity index (χ2v) is 4.76. The van der Waals surface area contributed by atoms with Gasteiger partial charge in [-0.15, -0.1) is 11.3 Å². The number of hydrogen-bond acceptors (Lipinski definition) is 5. The van der Waals surface area contributed by atoms with Crippen molar-refractivity contribution >= 4 is 17.2 Å². The number of carbonyl (C=O) groups is 1. The first-order valence-electron chi connectivity index (χ1n) is 5.05. The Morgan fingerprint density at radius 2 is 2.47 bits per heavy atom. The van der Waals surface area contributed by atoms with Crippen LogP contribution in [0.3, 0.4) is 0 Å². The Morgan fingerprint density at radius 3 is 3.06 bits per heavy atom. The number of amides is 1. The maximum atomic E-state index is 11.6. The van der Waals surface area contributed by atoms with E-state index >= 15 is 0 Å². The molecule has 0 bridgehead atoms. The summed E-state index contributed by atoms with van der Waals surface area (Å²) in [5, 5.41) is 18.1. The Morgan fingerprint density at radius 1 is 1.65 bits per heavy atom. The Balaban J connectivity index is 1.96. The van der Waals surface area contributed by atoms with E-state index < -0.39 is 5.60 Å². The van der Waals surface area contributed by atoms with Gasteiger partial charge in [-0.3, -0.25) is 4.79 Å². The average molecular weight is 252 g/mol. The molecule has 2 aromatic rings. The molecule has 2 rings (SSSR count). The fourth-order valence-electron chi connectivity index (χ4n) is 1.34. The van der Waals surface area contributed by atoms with Gasteiger partial charge in [-0.2, -0.15) is 0 Å². The van der Waals surface area contributed by atoms with Crippen molar-refractivity contribution in [1.82, 2.24) is 10.5 Å². The zero-order chi connectivity index (χ0) is 12.3. The Bertz CT molecular complexity index is 477. The number of thiophene rings is 1. The molecule has 6 heteroatoms. The molecule has 0 spiro atoms. The van der Waals surface area contributed by atoms with Crippen LogP contribution < -0.4 is 5.32 Å². The van der Waals surface area contributed by atoms with Crippen molar-refractivity contribution in [3.8, 4) is 0 Å². The van der Waals surface area contributed by atoms with Crippen LogP contribution in [0, 0.1) is 0 Å². The van der Waals surface area contributed by atoms with E-state index in [2.05, 4.69) is 10.5 Å². The molecule has 1 unspecified atom stereocenters. The molecule has 0 aliphatic heterocycles. The summed E-state index contributed by atoms with van der Waals surface area (Å²) in [4.78, 5) is 12.4. The Labute approximate surface area is 102 Å². The first-order chi connectivity index (χ1) is 8.09. The van der Waals surface area contributed by atoms with Gasteiger partial charge in [-0.05, 0) is 18.4 Å². The van der Waals surface area contributed by atoms with Gasteiger partial charge in [0.1, 0.15) is 5.60 Å². The molecule has 2 N–H and O–H groups in total. The summed E-state index contributed by atoms with van der Waals surface area (Å²) in [5.41, 5.74) is -1.08. The summed E-state index contributed by atoms with van der Waals surface area (Å²) in [6, 6.07) is 5.15. The molecule has 0 saturated carbocycles. The van der Waals surface area contributed by atoms with E-state index in [1.54, 1.807) is 6.92 Å². The highest BCUT2D eigenvalue weighted by Gasteiger charge is 2.25. The fourth-order valence-corrected chi connectivity index (χ4v) is 2.13. The molecule has 5 nitrogen and oxygen atoms in total. The first kappa shape index (κ1) is 11.8. The van der Waals surface area contributed by atoms with Crippen LogP contribution in [-0.2, 0) is 5.60 Å². The third kappa shape index (κ3) is 2.72. The standard InChI is InChI=1S/C11H12N2O3S/c1-11(15,9-3-2-6-17-9)7-12-10(14)8-4-5-13-16-8/h2-6,15H,7H2,1H3,(H,12,14). The maximum absolute atomic E-state index is 11.6. The number of nitrogens with zero attached hydrogens (tertiary/aromatic N) is 1. The van der Waals surface area contributed by atoms with Crippen molar-refractivity contribution in [3.63, 3.8) is 0 Å². The fraction of sp³-hybridized carbons (Fsp3) is 0.273. The van der Waals surface area contributed by atoms with Crippen molar-refractivity contribution in [2.45, 2.75) is 12.5 Å². The summed E-state index contributed by atoms with van der Waals surface area (Å²) in [5.74, 6) is -0.258. The predicted molar refractivity (Wildman–Crippen MR) is 62.7 cm³/mol. The Hall–Kier alpha value is -1.66. The van der Waals surface area contributed by atoms with Gasteiger partial charge < -0.3 is 14.9 Å². The van der Waals surface area contributed by atoms with Crippen LogP contribution in [0.1, 0.15) is 22.4 Å². The smallest absolute Gasteiger partial charge is 0.290 e. The molecule has 1 amide bonds. The number of carbonyl (C=O) groups excluding carboxylic acids is 1. The minimum atomic E-state index is -1.08. The molecule has 90 valence electrons. The van der Waals surface area contributed by atoms with E-state index in [0.717, 1.165) is 4.88 Å². The molecule has 0 saturated heterocycles. The second-order valence-electron chi connectivity index (χ2n) is 3.81. The molecule has 2 aromatic heterocycles. The largest absolute Gasteiger partial charge is 0.383 e. The number of aromatic nitrogens is 1. The highest BCUT2D eigenvalue weighted by Crippen LogP contribution is 2.24. The molecule has 17 heavy (non-hydrogen) atoms. The molecule has 0 aromatic carbocycles. The number of rotatable bonds is 4. The molecule has 0 aliphatic carbocycles. The minimum Gasteiger partial charge on any atom is -0.383 e. The zero-order valence-corrected chi connectivity index (χ0v) is 10.0. The van der Waals surface area contributed by atoms with Gasteiger partial charge in [-0.1, -0.05) is 11.2 Å². The van der Waals surface area contributed by atoms with E-state index in [1.165, 1.54) is 23.6 Å². The van der Waals surface area contributed by atoms with Crippen LogP contribution in [-0.4, -0.2) is 22.7 Å². The lowest BCUT2D eigenvalue weighted by atomic mass is 10.1.